The average Bonchev–Trinajstić information content (AvgIpc) is 3.12. The Kier molecular flexibility index (Phi) is 5.33. The fraction of sp³-hybridized carbons (Fsp3) is 0.348. The van der Waals surface area contributed by atoms with E-state index in [4.69, 9.17) is 0 Å². The fourth-order valence-electron chi connectivity index (χ4n) is 3.83. The van der Waals surface area contributed by atoms with Crippen LogP contribution in [0.1, 0.15) is 35.7 Å². The summed E-state index contributed by atoms with van der Waals surface area (Å²) in [7, 11) is 0. The maximum absolute atomic E-state index is 13.3. The molecule has 1 saturated heterocycles. The van der Waals surface area contributed by atoms with Gasteiger partial charge in [-0.2, -0.15) is 0 Å². The molecule has 0 unspecified atom stereocenters. The van der Waals surface area contributed by atoms with Gasteiger partial charge < -0.3 is 14.6 Å². The highest BCUT2D eigenvalue weighted by Gasteiger charge is 2.18. The number of carbonyl (C=O) groups is 1. The highest BCUT2D eigenvalue weighted by molar-refractivity contribution is 5.94. The predicted molar refractivity (Wildman–Crippen MR) is 110 cm³/mol. The number of amides is 1. The Labute approximate surface area is 165 Å². The van der Waals surface area contributed by atoms with E-state index in [0.717, 1.165) is 35.9 Å². The number of rotatable bonds is 5. The lowest BCUT2D eigenvalue weighted by Gasteiger charge is -2.31. The number of pyridine rings is 1. The minimum absolute atomic E-state index is 0.106. The SMILES string of the molecule is CC1CCN(c2ccc3ccc(C(=O)NCCc4cccc(F)c4)cn23)CC1. The lowest BCUT2D eigenvalue weighted by Crippen LogP contribution is -2.33. The zero-order valence-corrected chi connectivity index (χ0v) is 16.2. The Morgan fingerprint density at radius 1 is 1.14 bits per heavy atom. The molecule has 3 aromatic rings. The molecule has 4 rings (SSSR count). The number of nitrogens with one attached hydrogen (secondary N) is 1. The van der Waals surface area contributed by atoms with Crippen LogP contribution in [0.3, 0.4) is 0 Å². The van der Waals surface area contributed by atoms with Gasteiger partial charge in [0.1, 0.15) is 11.6 Å². The molecule has 0 aliphatic carbocycles. The molecule has 28 heavy (non-hydrogen) atoms. The summed E-state index contributed by atoms with van der Waals surface area (Å²) in [6, 6.07) is 14.6. The number of hydrogen-bond donors (Lipinski definition) is 1. The zero-order chi connectivity index (χ0) is 19.5. The van der Waals surface area contributed by atoms with Crippen LogP contribution in [0.15, 0.2) is 54.7 Å². The molecule has 4 nitrogen and oxygen atoms in total. The molecular formula is C23H26FN3O. The quantitative estimate of drug-likeness (QED) is 0.718. The molecular weight excluding hydrogens is 353 g/mol. The van der Waals surface area contributed by atoms with Crippen molar-refractivity contribution in [3.05, 3.63) is 71.7 Å². The molecule has 1 amide bonds. The van der Waals surface area contributed by atoms with Crippen LogP contribution in [0, 0.1) is 11.7 Å². The van der Waals surface area contributed by atoms with Crippen LogP contribution >= 0.6 is 0 Å². The van der Waals surface area contributed by atoms with Crippen molar-refractivity contribution in [3.63, 3.8) is 0 Å². The molecule has 1 aromatic carbocycles. The maximum atomic E-state index is 13.3. The molecule has 146 valence electrons. The normalized spacial score (nSPS) is 15.1. The van der Waals surface area contributed by atoms with E-state index in [9.17, 15) is 9.18 Å². The Bertz CT molecular complexity index is 973. The third-order valence-corrected chi connectivity index (χ3v) is 5.59. The monoisotopic (exact) mass is 379 g/mol. The van der Waals surface area contributed by atoms with E-state index < -0.39 is 0 Å². The average molecular weight is 379 g/mol. The van der Waals surface area contributed by atoms with Gasteiger partial charge in [-0.15, -0.1) is 0 Å². The van der Waals surface area contributed by atoms with Gasteiger partial charge in [-0.3, -0.25) is 4.79 Å². The van der Waals surface area contributed by atoms with Gasteiger partial charge in [0.15, 0.2) is 0 Å². The minimum atomic E-state index is -0.249. The molecule has 0 atom stereocenters. The van der Waals surface area contributed by atoms with Gasteiger partial charge in [0.2, 0.25) is 0 Å². The number of piperidine rings is 1. The van der Waals surface area contributed by atoms with Crippen molar-refractivity contribution >= 4 is 17.2 Å². The number of aromatic nitrogens is 1. The summed E-state index contributed by atoms with van der Waals surface area (Å²) in [6.07, 6.45) is 4.92. The molecule has 5 heteroatoms. The first-order valence-electron chi connectivity index (χ1n) is 9.99. The van der Waals surface area contributed by atoms with Crippen molar-refractivity contribution in [1.29, 1.82) is 0 Å². The summed E-state index contributed by atoms with van der Waals surface area (Å²) in [6.45, 7) is 4.89. The first kappa shape index (κ1) is 18.5. The Balaban J connectivity index is 1.44. The highest BCUT2D eigenvalue weighted by Crippen LogP contribution is 2.25. The number of benzene rings is 1. The summed E-state index contributed by atoms with van der Waals surface area (Å²) in [4.78, 5) is 15.0. The third kappa shape index (κ3) is 4.03. The van der Waals surface area contributed by atoms with Crippen molar-refractivity contribution in [2.45, 2.75) is 26.2 Å². The first-order valence-corrected chi connectivity index (χ1v) is 9.99. The zero-order valence-electron chi connectivity index (χ0n) is 16.2. The lowest BCUT2D eigenvalue weighted by atomic mass is 9.99. The van der Waals surface area contributed by atoms with Gasteiger partial charge in [-0.25, -0.2) is 4.39 Å². The number of hydrogen-bond acceptors (Lipinski definition) is 2. The number of nitrogens with zero attached hydrogens (tertiary/aromatic N) is 2. The number of anilines is 1. The van der Waals surface area contributed by atoms with Crippen LogP contribution in [-0.2, 0) is 6.42 Å². The van der Waals surface area contributed by atoms with Crippen molar-refractivity contribution in [3.8, 4) is 0 Å². The molecule has 0 radical (unpaired) electrons. The van der Waals surface area contributed by atoms with Crippen molar-refractivity contribution < 1.29 is 9.18 Å². The number of halogens is 1. The summed E-state index contributed by atoms with van der Waals surface area (Å²) < 4.78 is 15.4. The topological polar surface area (TPSA) is 36.8 Å². The Hall–Kier alpha value is -2.82. The lowest BCUT2D eigenvalue weighted by molar-refractivity contribution is 0.0953. The second-order valence-electron chi connectivity index (χ2n) is 7.71. The number of fused-ring (bicyclic) bond motifs is 1. The fourth-order valence-corrected chi connectivity index (χ4v) is 3.83. The van der Waals surface area contributed by atoms with E-state index in [1.807, 2.05) is 24.4 Å². The van der Waals surface area contributed by atoms with E-state index in [0.29, 0.717) is 18.5 Å². The molecule has 3 heterocycles. The maximum Gasteiger partial charge on any atom is 0.252 e. The van der Waals surface area contributed by atoms with Gasteiger partial charge in [0.25, 0.3) is 5.91 Å². The second-order valence-corrected chi connectivity index (χ2v) is 7.71. The molecule has 1 aliphatic heterocycles. The molecule has 0 saturated carbocycles. The minimum Gasteiger partial charge on any atom is -0.358 e. The van der Waals surface area contributed by atoms with E-state index in [1.54, 1.807) is 6.07 Å². The smallest absolute Gasteiger partial charge is 0.252 e. The van der Waals surface area contributed by atoms with Crippen molar-refractivity contribution in [1.82, 2.24) is 9.72 Å². The summed E-state index contributed by atoms with van der Waals surface area (Å²) >= 11 is 0. The highest BCUT2D eigenvalue weighted by atomic mass is 19.1. The summed E-state index contributed by atoms with van der Waals surface area (Å²) in [5.41, 5.74) is 2.60. The molecule has 1 N–H and O–H groups in total. The van der Waals surface area contributed by atoms with E-state index in [1.165, 1.54) is 25.0 Å². The Morgan fingerprint density at radius 2 is 1.93 bits per heavy atom. The standard InChI is InChI=1S/C23H26FN3O/c1-17-10-13-26(14-11-17)22-8-7-21-6-5-19(16-27(21)22)23(28)25-12-9-18-3-2-4-20(24)15-18/h2-8,15-17H,9-14H2,1H3,(H,25,28). The molecule has 1 fully saturated rings. The van der Waals surface area contributed by atoms with E-state index in [-0.39, 0.29) is 11.7 Å². The Morgan fingerprint density at radius 3 is 2.71 bits per heavy atom. The van der Waals surface area contributed by atoms with Crippen molar-refractivity contribution in [2.24, 2.45) is 5.92 Å². The molecule has 0 spiro atoms. The summed E-state index contributed by atoms with van der Waals surface area (Å²) in [5.74, 6) is 1.57. The van der Waals surface area contributed by atoms with E-state index in [2.05, 4.69) is 33.7 Å². The number of carbonyl (C=O) groups excluding carboxylic acids is 1. The van der Waals surface area contributed by atoms with Gasteiger partial charge in [0, 0.05) is 31.3 Å². The van der Waals surface area contributed by atoms with Crippen LogP contribution < -0.4 is 10.2 Å². The van der Waals surface area contributed by atoms with Crippen LogP contribution in [0.4, 0.5) is 10.2 Å². The van der Waals surface area contributed by atoms with Crippen LogP contribution in [-0.4, -0.2) is 29.9 Å². The molecule has 0 bridgehead atoms. The largest absolute Gasteiger partial charge is 0.358 e. The molecule has 1 aliphatic rings. The second kappa shape index (κ2) is 8.05. The van der Waals surface area contributed by atoms with Gasteiger partial charge in [0.05, 0.1) is 5.56 Å². The van der Waals surface area contributed by atoms with Crippen LogP contribution in [0.2, 0.25) is 0 Å². The van der Waals surface area contributed by atoms with Gasteiger partial charge >= 0.3 is 0 Å². The third-order valence-electron chi connectivity index (χ3n) is 5.59. The van der Waals surface area contributed by atoms with Gasteiger partial charge in [-0.05, 0) is 67.1 Å². The first-order chi connectivity index (χ1) is 13.6. The molecule has 2 aromatic heterocycles. The van der Waals surface area contributed by atoms with Crippen LogP contribution in [0.25, 0.3) is 5.52 Å². The van der Waals surface area contributed by atoms with Crippen LogP contribution in [0.5, 0.6) is 0 Å². The predicted octanol–water partition coefficient (Wildman–Crippen LogP) is 4.29. The van der Waals surface area contributed by atoms with Gasteiger partial charge in [-0.1, -0.05) is 19.1 Å². The van der Waals surface area contributed by atoms with Crippen molar-refractivity contribution in [2.75, 3.05) is 24.5 Å². The summed E-state index contributed by atoms with van der Waals surface area (Å²) in [5, 5.41) is 2.94. The van der Waals surface area contributed by atoms with E-state index >= 15 is 0 Å².